The summed E-state index contributed by atoms with van der Waals surface area (Å²) in [5.74, 6) is 0.308. The molecule has 1 aromatic carbocycles. The minimum absolute atomic E-state index is 0.0473. The molecule has 1 aromatic rings. The summed E-state index contributed by atoms with van der Waals surface area (Å²) in [5.41, 5.74) is 0. The van der Waals surface area contributed by atoms with Crippen LogP contribution in [0.5, 0.6) is 5.75 Å². The lowest BCUT2D eigenvalue weighted by Gasteiger charge is -2.26. The molecule has 20 heavy (non-hydrogen) atoms. The van der Waals surface area contributed by atoms with Gasteiger partial charge in [-0.15, -0.1) is 0 Å². The molecule has 0 aliphatic heterocycles. The topological polar surface area (TPSA) is 66.8 Å². The van der Waals surface area contributed by atoms with Gasteiger partial charge in [-0.1, -0.05) is 15.9 Å². The van der Waals surface area contributed by atoms with E-state index in [1.807, 2.05) is 0 Å². The average Bonchev–Trinajstić information content (AvgIpc) is 2.38. The summed E-state index contributed by atoms with van der Waals surface area (Å²) in [7, 11) is -2.23. The number of hydrogen-bond donors (Lipinski definition) is 1. The van der Waals surface area contributed by atoms with E-state index < -0.39 is 10.0 Å². The molecule has 1 N–H and O–H groups in total. The fourth-order valence-electron chi connectivity index (χ4n) is 1.86. The first-order valence-electron chi connectivity index (χ1n) is 6.30. The highest BCUT2D eigenvalue weighted by atomic mass is 79.9. The van der Waals surface area contributed by atoms with Gasteiger partial charge in [0.05, 0.1) is 7.11 Å². The van der Waals surface area contributed by atoms with Crippen molar-refractivity contribution in [2.24, 2.45) is 0 Å². The second-order valence-electron chi connectivity index (χ2n) is 4.58. The van der Waals surface area contributed by atoms with Gasteiger partial charge in [0.2, 0.25) is 10.0 Å². The van der Waals surface area contributed by atoms with Crippen LogP contribution in [0.15, 0.2) is 27.6 Å². The lowest BCUT2D eigenvalue weighted by atomic mass is 10.3. The zero-order chi connectivity index (χ0) is 15.3. The van der Waals surface area contributed by atoms with E-state index in [0.717, 1.165) is 0 Å². The van der Waals surface area contributed by atoms with E-state index in [1.54, 1.807) is 26.0 Å². The summed E-state index contributed by atoms with van der Waals surface area (Å²) in [6, 6.07) is 4.67. The zero-order valence-corrected chi connectivity index (χ0v) is 14.2. The molecule has 0 spiro atoms. The van der Waals surface area contributed by atoms with Crippen molar-refractivity contribution < 1.29 is 18.3 Å². The molecule has 0 unspecified atom stereocenters. The maximum absolute atomic E-state index is 12.8. The second kappa shape index (κ2) is 7.40. The molecule has 5 nitrogen and oxygen atoms in total. The van der Waals surface area contributed by atoms with Crippen molar-refractivity contribution in [3.63, 3.8) is 0 Å². The van der Waals surface area contributed by atoms with Gasteiger partial charge in [0.25, 0.3) is 0 Å². The number of aliphatic hydroxyl groups is 1. The van der Waals surface area contributed by atoms with E-state index in [9.17, 15) is 8.42 Å². The van der Waals surface area contributed by atoms with E-state index in [1.165, 1.54) is 17.5 Å². The molecule has 7 heteroatoms. The minimum Gasteiger partial charge on any atom is -0.495 e. The molecule has 0 saturated carbocycles. The van der Waals surface area contributed by atoms with Crippen LogP contribution >= 0.6 is 15.9 Å². The van der Waals surface area contributed by atoms with Crippen molar-refractivity contribution in [1.82, 2.24) is 4.31 Å². The highest BCUT2D eigenvalue weighted by Crippen LogP contribution is 2.30. The molecule has 1 rings (SSSR count). The average molecular weight is 366 g/mol. The summed E-state index contributed by atoms with van der Waals surface area (Å²) < 4.78 is 32.7. The van der Waals surface area contributed by atoms with Crippen LogP contribution in [0.2, 0.25) is 0 Å². The summed E-state index contributed by atoms with van der Waals surface area (Å²) in [4.78, 5) is 0.126. The molecule has 0 radical (unpaired) electrons. The standard InChI is InChI=1S/C13H20BrNO4S/c1-10(2)15(7-4-8-16)20(17,18)13-9-11(14)5-6-12(13)19-3/h5-6,9-10,16H,4,7-8H2,1-3H3. The number of aliphatic hydroxyl groups excluding tert-OH is 1. The largest absolute Gasteiger partial charge is 0.495 e. The first kappa shape index (κ1) is 17.4. The molecule has 114 valence electrons. The van der Waals surface area contributed by atoms with Crippen LogP contribution in [0.25, 0.3) is 0 Å². The van der Waals surface area contributed by atoms with E-state index in [0.29, 0.717) is 16.6 Å². The van der Waals surface area contributed by atoms with Crippen molar-refractivity contribution in [3.8, 4) is 5.75 Å². The van der Waals surface area contributed by atoms with Crippen LogP contribution < -0.4 is 4.74 Å². The first-order valence-corrected chi connectivity index (χ1v) is 8.54. The summed E-state index contributed by atoms with van der Waals surface area (Å²) in [6.07, 6.45) is 0.397. The van der Waals surface area contributed by atoms with Gasteiger partial charge in [-0.05, 0) is 38.5 Å². The van der Waals surface area contributed by atoms with Gasteiger partial charge < -0.3 is 9.84 Å². The van der Waals surface area contributed by atoms with Crippen molar-refractivity contribution >= 4 is 26.0 Å². The Kier molecular flexibility index (Phi) is 6.44. The van der Waals surface area contributed by atoms with Crippen LogP contribution in [0, 0.1) is 0 Å². The Morgan fingerprint density at radius 1 is 1.40 bits per heavy atom. The van der Waals surface area contributed by atoms with Crippen LogP contribution in [-0.2, 0) is 10.0 Å². The first-order chi connectivity index (χ1) is 9.34. The van der Waals surface area contributed by atoms with Crippen LogP contribution in [-0.4, -0.2) is 44.1 Å². The van der Waals surface area contributed by atoms with E-state index in [4.69, 9.17) is 9.84 Å². The summed E-state index contributed by atoms with van der Waals surface area (Å²) in [6.45, 7) is 3.83. The smallest absolute Gasteiger partial charge is 0.247 e. The number of sulfonamides is 1. The van der Waals surface area contributed by atoms with Crippen LogP contribution in [0.1, 0.15) is 20.3 Å². The summed E-state index contributed by atoms with van der Waals surface area (Å²) in [5, 5.41) is 8.92. The van der Waals surface area contributed by atoms with Crippen molar-refractivity contribution in [2.45, 2.75) is 31.2 Å². The lowest BCUT2D eigenvalue weighted by Crippen LogP contribution is -2.38. The van der Waals surface area contributed by atoms with E-state index >= 15 is 0 Å². The Bertz CT molecular complexity index is 545. The predicted molar refractivity (Wildman–Crippen MR) is 81.4 cm³/mol. The molecule has 0 aromatic heterocycles. The predicted octanol–water partition coefficient (Wildman–Crippen LogP) is 2.24. The third-order valence-corrected chi connectivity index (χ3v) is 5.41. The quantitative estimate of drug-likeness (QED) is 0.804. The van der Waals surface area contributed by atoms with E-state index in [-0.39, 0.29) is 24.1 Å². The Balaban J connectivity index is 3.28. The number of halogens is 1. The van der Waals surface area contributed by atoms with Crippen molar-refractivity contribution in [2.75, 3.05) is 20.3 Å². The number of hydrogen-bond acceptors (Lipinski definition) is 4. The molecule has 0 atom stereocenters. The van der Waals surface area contributed by atoms with E-state index in [2.05, 4.69) is 15.9 Å². The third-order valence-electron chi connectivity index (χ3n) is 2.82. The monoisotopic (exact) mass is 365 g/mol. The third kappa shape index (κ3) is 3.94. The van der Waals surface area contributed by atoms with Crippen LogP contribution in [0.4, 0.5) is 0 Å². The van der Waals surface area contributed by atoms with Gasteiger partial charge in [0.15, 0.2) is 0 Å². The molecule has 0 aliphatic carbocycles. The number of benzene rings is 1. The molecular weight excluding hydrogens is 346 g/mol. The number of methoxy groups -OCH3 is 1. The number of ether oxygens (including phenoxy) is 1. The maximum Gasteiger partial charge on any atom is 0.247 e. The highest BCUT2D eigenvalue weighted by Gasteiger charge is 2.29. The SMILES string of the molecule is COc1ccc(Br)cc1S(=O)(=O)N(CCCO)C(C)C. The number of nitrogens with zero attached hydrogens (tertiary/aromatic N) is 1. The van der Waals surface area contributed by atoms with Gasteiger partial charge in [0.1, 0.15) is 10.6 Å². The molecular formula is C13H20BrNO4S. The molecule has 0 amide bonds. The number of rotatable bonds is 7. The summed E-state index contributed by atoms with van der Waals surface area (Å²) >= 11 is 3.28. The van der Waals surface area contributed by atoms with Gasteiger partial charge >= 0.3 is 0 Å². The van der Waals surface area contributed by atoms with Crippen molar-refractivity contribution in [3.05, 3.63) is 22.7 Å². The molecule has 0 heterocycles. The second-order valence-corrected chi connectivity index (χ2v) is 7.36. The Labute approximate surface area is 128 Å². The van der Waals surface area contributed by atoms with Gasteiger partial charge in [-0.2, -0.15) is 4.31 Å². The maximum atomic E-state index is 12.8. The Morgan fingerprint density at radius 3 is 2.55 bits per heavy atom. The zero-order valence-electron chi connectivity index (χ0n) is 11.8. The van der Waals surface area contributed by atoms with Crippen molar-refractivity contribution in [1.29, 1.82) is 0 Å². The fraction of sp³-hybridized carbons (Fsp3) is 0.538. The normalized spacial score (nSPS) is 12.2. The van der Waals surface area contributed by atoms with Gasteiger partial charge in [-0.3, -0.25) is 0 Å². The van der Waals surface area contributed by atoms with Crippen LogP contribution in [0.3, 0.4) is 0 Å². The molecule has 0 bridgehead atoms. The van der Waals surface area contributed by atoms with Gasteiger partial charge in [0, 0.05) is 23.7 Å². The molecule has 0 saturated heterocycles. The minimum atomic E-state index is -3.67. The molecule has 0 fully saturated rings. The lowest BCUT2D eigenvalue weighted by molar-refractivity contribution is 0.258. The molecule has 0 aliphatic rings. The Morgan fingerprint density at radius 2 is 2.05 bits per heavy atom. The van der Waals surface area contributed by atoms with Gasteiger partial charge in [-0.25, -0.2) is 8.42 Å². The Hall–Kier alpha value is -0.630. The fourth-order valence-corrected chi connectivity index (χ4v) is 4.23. The highest BCUT2D eigenvalue weighted by molar-refractivity contribution is 9.10.